The summed E-state index contributed by atoms with van der Waals surface area (Å²) in [5, 5.41) is 0. The Hall–Kier alpha value is -2.11. The highest BCUT2D eigenvalue weighted by molar-refractivity contribution is 5.82. The zero-order valence-corrected chi connectivity index (χ0v) is 21.0. The molecule has 0 radical (unpaired) electrons. The normalized spacial score (nSPS) is 28.1. The number of rotatable bonds is 5. The van der Waals surface area contributed by atoms with Crippen molar-refractivity contribution in [3.05, 3.63) is 35.6 Å². The summed E-state index contributed by atoms with van der Waals surface area (Å²) in [7, 11) is 0. The van der Waals surface area contributed by atoms with Gasteiger partial charge in [-0.2, -0.15) is 0 Å². The lowest BCUT2D eigenvalue weighted by atomic mass is 9.75. The third kappa shape index (κ3) is 6.94. The van der Waals surface area contributed by atoms with Crippen molar-refractivity contribution < 1.29 is 23.5 Å². The fourth-order valence-electron chi connectivity index (χ4n) is 5.29. The van der Waals surface area contributed by atoms with Gasteiger partial charge in [0, 0.05) is 6.54 Å². The number of esters is 1. The Balaban J connectivity index is 1.76. The van der Waals surface area contributed by atoms with E-state index in [1.807, 2.05) is 26.8 Å². The van der Waals surface area contributed by atoms with Gasteiger partial charge in [0.05, 0.1) is 0 Å². The summed E-state index contributed by atoms with van der Waals surface area (Å²) in [6, 6.07) is 5.82. The van der Waals surface area contributed by atoms with E-state index in [4.69, 9.17) is 9.47 Å². The van der Waals surface area contributed by atoms with Gasteiger partial charge in [0.25, 0.3) is 0 Å². The van der Waals surface area contributed by atoms with E-state index in [0.717, 1.165) is 24.8 Å². The van der Waals surface area contributed by atoms with Gasteiger partial charge in [-0.15, -0.1) is 0 Å². The summed E-state index contributed by atoms with van der Waals surface area (Å²) < 4.78 is 25.4. The molecule has 33 heavy (non-hydrogen) atoms. The molecular formula is C27H40FNO4. The van der Waals surface area contributed by atoms with Crippen molar-refractivity contribution in [2.45, 2.75) is 91.4 Å². The second-order valence-corrected chi connectivity index (χ2v) is 11.4. The number of halogens is 1. The zero-order chi connectivity index (χ0) is 24.3. The molecule has 1 aliphatic heterocycles. The standard InChI is InChI=1S/C27H40FNO4/c1-17(2)22-11-10-18(3)12-24(22)32-25(30)23-15-20(13-19-8-7-9-21(28)14-19)16-29(23)26(31)33-27(4,5)6/h7-9,14,17-18,20,22-24H,10-13,15-16H2,1-6H3/t18-,20?,22+,23+,24-/m1/s1. The Morgan fingerprint density at radius 2 is 1.91 bits per heavy atom. The Kier molecular flexibility index (Phi) is 8.07. The van der Waals surface area contributed by atoms with Crippen LogP contribution in [-0.4, -0.2) is 41.3 Å². The summed E-state index contributed by atoms with van der Waals surface area (Å²) >= 11 is 0. The van der Waals surface area contributed by atoms with Crippen molar-refractivity contribution >= 4 is 12.1 Å². The number of nitrogens with zero attached hydrogens (tertiary/aromatic N) is 1. The fraction of sp³-hybridized carbons (Fsp3) is 0.704. The van der Waals surface area contributed by atoms with Gasteiger partial charge in [-0.05, 0) is 87.8 Å². The van der Waals surface area contributed by atoms with Gasteiger partial charge >= 0.3 is 12.1 Å². The molecule has 0 N–H and O–H groups in total. The maximum absolute atomic E-state index is 13.7. The summed E-state index contributed by atoms with van der Waals surface area (Å²) in [6.45, 7) is 12.4. The minimum atomic E-state index is -0.677. The molecule has 5 nitrogen and oxygen atoms in total. The number of carbonyl (C=O) groups is 2. The lowest BCUT2D eigenvalue weighted by molar-refractivity contribution is -0.161. The fourth-order valence-corrected chi connectivity index (χ4v) is 5.29. The summed E-state index contributed by atoms with van der Waals surface area (Å²) in [4.78, 5) is 27.9. The third-order valence-electron chi connectivity index (χ3n) is 6.93. The molecule has 3 rings (SSSR count). The van der Waals surface area contributed by atoms with Gasteiger partial charge in [0.1, 0.15) is 23.6 Å². The van der Waals surface area contributed by atoms with Gasteiger partial charge < -0.3 is 9.47 Å². The molecule has 1 aliphatic carbocycles. The van der Waals surface area contributed by atoms with Crippen LogP contribution < -0.4 is 0 Å². The van der Waals surface area contributed by atoms with Gasteiger partial charge in [0.15, 0.2) is 0 Å². The predicted molar refractivity (Wildman–Crippen MR) is 126 cm³/mol. The second kappa shape index (κ2) is 10.4. The maximum Gasteiger partial charge on any atom is 0.411 e. The molecule has 184 valence electrons. The lowest BCUT2D eigenvalue weighted by Gasteiger charge is -2.37. The first-order valence-electron chi connectivity index (χ1n) is 12.4. The first kappa shape index (κ1) is 25.5. The van der Waals surface area contributed by atoms with Crippen molar-refractivity contribution in [3.63, 3.8) is 0 Å². The van der Waals surface area contributed by atoms with Crippen LogP contribution >= 0.6 is 0 Å². The smallest absolute Gasteiger partial charge is 0.411 e. The predicted octanol–water partition coefficient (Wildman–Crippen LogP) is 6.00. The number of hydrogen-bond acceptors (Lipinski definition) is 4. The molecule has 1 saturated heterocycles. The van der Waals surface area contributed by atoms with Gasteiger partial charge in [-0.3, -0.25) is 4.90 Å². The molecule has 1 aromatic rings. The Bertz CT molecular complexity index is 834. The topological polar surface area (TPSA) is 55.8 Å². The Labute approximate surface area is 198 Å². The van der Waals surface area contributed by atoms with Crippen LogP contribution in [0.15, 0.2) is 24.3 Å². The molecule has 5 atom stereocenters. The van der Waals surface area contributed by atoms with E-state index in [-0.39, 0.29) is 23.8 Å². The van der Waals surface area contributed by atoms with E-state index in [0.29, 0.717) is 37.1 Å². The average molecular weight is 462 g/mol. The quantitative estimate of drug-likeness (QED) is 0.505. The first-order valence-corrected chi connectivity index (χ1v) is 12.4. The molecule has 1 aromatic carbocycles. The van der Waals surface area contributed by atoms with Crippen molar-refractivity contribution in [1.29, 1.82) is 0 Å². The van der Waals surface area contributed by atoms with Crippen LogP contribution in [0.3, 0.4) is 0 Å². The van der Waals surface area contributed by atoms with Crippen LogP contribution in [0.4, 0.5) is 9.18 Å². The Morgan fingerprint density at radius 1 is 1.18 bits per heavy atom. The Morgan fingerprint density at radius 3 is 2.55 bits per heavy atom. The summed E-state index contributed by atoms with van der Waals surface area (Å²) in [6.07, 6.45) is 3.53. The molecule has 1 unspecified atom stereocenters. The van der Waals surface area contributed by atoms with Crippen LogP contribution in [0, 0.1) is 29.5 Å². The van der Waals surface area contributed by atoms with Gasteiger partial charge in [-0.1, -0.05) is 39.3 Å². The molecule has 1 heterocycles. The minimum absolute atomic E-state index is 0.0306. The minimum Gasteiger partial charge on any atom is -0.461 e. The molecule has 1 amide bonds. The van der Waals surface area contributed by atoms with Crippen molar-refractivity contribution in [3.8, 4) is 0 Å². The highest BCUT2D eigenvalue weighted by Crippen LogP contribution is 2.37. The van der Waals surface area contributed by atoms with Crippen LogP contribution in [0.2, 0.25) is 0 Å². The average Bonchev–Trinajstić information content (AvgIpc) is 3.10. The van der Waals surface area contributed by atoms with Crippen LogP contribution in [0.25, 0.3) is 0 Å². The molecular weight excluding hydrogens is 421 g/mol. The SMILES string of the molecule is CC(C)[C@@H]1CC[C@@H](C)C[C@H]1OC(=O)[C@@H]1CC(Cc2cccc(F)c2)CN1C(=O)OC(C)(C)C. The number of amides is 1. The second-order valence-electron chi connectivity index (χ2n) is 11.4. The van der Waals surface area contributed by atoms with Crippen LogP contribution in [-0.2, 0) is 20.7 Å². The highest BCUT2D eigenvalue weighted by Gasteiger charge is 2.44. The molecule has 2 fully saturated rings. The summed E-state index contributed by atoms with van der Waals surface area (Å²) in [5.41, 5.74) is 0.201. The number of hydrogen-bond donors (Lipinski definition) is 0. The van der Waals surface area contributed by atoms with E-state index in [1.54, 1.807) is 6.07 Å². The monoisotopic (exact) mass is 461 g/mol. The number of carbonyl (C=O) groups excluding carboxylic acids is 2. The van der Waals surface area contributed by atoms with Crippen LogP contribution in [0.1, 0.15) is 72.8 Å². The van der Waals surface area contributed by atoms with Gasteiger partial charge in [0.2, 0.25) is 0 Å². The molecule has 1 saturated carbocycles. The van der Waals surface area contributed by atoms with Crippen LogP contribution in [0.5, 0.6) is 0 Å². The van der Waals surface area contributed by atoms with E-state index < -0.39 is 17.7 Å². The molecule has 2 aliphatic rings. The molecule has 0 spiro atoms. The zero-order valence-electron chi connectivity index (χ0n) is 21.0. The highest BCUT2D eigenvalue weighted by atomic mass is 19.1. The summed E-state index contributed by atoms with van der Waals surface area (Å²) in [5.74, 6) is 0.697. The van der Waals surface area contributed by atoms with Crippen molar-refractivity contribution in [2.75, 3.05) is 6.54 Å². The van der Waals surface area contributed by atoms with Gasteiger partial charge in [-0.25, -0.2) is 14.0 Å². The maximum atomic E-state index is 13.7. The van der Waals surface area contributed by atoms with Crippen molar-refractivity contribution in [1.82, 2.24) is 4.90 Å². The third-order valence-corrected chi connectivity index (χ3v) is 6.93. The molecule has 0 bridgehead atoms. The largest absolute Gasteiger partial charge is 0.461 e. The molecule has 6 heteroatoms. The van der Waals surface area contributed by atoms with E-state index in [2.05, 4.69) is 20.8 Å². The number of benzene rings is 1. The van der Waals surface area contributed by atoms with E-state index in [1.165, 1.54) is 17.0 Å². The number of ether oxygens (including phenoxy) is 2. The number of likely N-dealkylation sites (tertiary alicyclic amines) is 1. The lowest BCUT2D eigenvalue weighted by Crippen LogP contribution is -2.46. The molecule has 0 aromatic heterocycles. The van der Waals surface area contributed by atoms with Crippen molar-refractivity contribution in [2.24, 2.45) is 23.7 Å². The van der Waals surface area contributed by atoms with E-state index >= 15 is 0 Å². The first-order chi connectivity index (χ1) is 15.4. The van der Waals surface area contributed by atoms with E-state index in [9.17, 15) is 14.0 Å².